The molecule has 72 valence electrons. The van der Waals surface area contributed by atoms with E-state index in [0.717, 1.165) is 0 Å². The molecule has 0 aromatic carbocycles. The molecule has 1 amide bonds. The molecule has 0 saturated carbocycles. The lowest BCUT2D eigenvalue weighted by molar-refractivity contribution is -0.466. The van der Waals surface area contributed by atoms with E-state index in [1.807, 2.05) is 6.92 Å². The first-order valence-electron chi connectivity index (χ1n) is 4.27. The fourth-order valence-electron chi connectivity index (χ4n) is 1.85. The van der Waals surface area contributed by atoms with Crippen LogP contribution < -0.4 is 10.4 Å². The molecule has 3 atom stereocenters. The molecule has 0 radical (unpaired) electrons. The summed E-state index contributed by atoms with van der Waals surface area (Å²) in [5.74, 6) is -0.227. The van der Waals surface area contributed by atoms with Crippen LogP contribution >= 0.6 is 0 Å². The zero-order chi connectivity index (χ0) is 9.59. The molecule has 13 heavy (non-hydrogen) atoms. The molecular weight excluding hydrogens is 170 g/mol. The highest BCUT2D eigenvalue weighted by molar-refractivity contribution is 5.88. The van der Waals surface area contributed by atoms with Gasteiger partial charge in [-0.3, -0.25) is 9.80 Å². The zero-order valence-corrected chi connectivity index (χ0v) is 7.60. The van der Waals surface area contributed by atoms with Gasteiger partial charge in [-0.15, -0.1) is 0 Å². The van der Waals surface area contributed by atoms with Crippen LogP contribution in [0.5, 0.6) is 0 Å². The number of carbonyl (C=O) groups excluding carboxylic acids is 1. The Morgan fingerprint density at radius 2 is 2.31 bits per heavy atom. The third kappa shape index (κ3) is 1.04. The van der Waals surface area contributed by atoms with Gasteiger partial charge in [-0.05, 0) is 12.1 Å². The predicted octanol–water partition coefficient (Wildman–Crippen LogP) is -1.56. The van der Waals surface area contributed by atoms with Crippen LogP contribution in [0.25, 0.3) is 0 Å². The van der Waals surface area contributed by atoms with Gasteiger partial charge in [0.2, 0.25) is 0 Å². The van der Waals surface area contributed by atoms with Crippen LogP contribution in [0, 0.1) is 5.92 Å². The minimum Gasteiger partial charge on any atom is -0.839 e. The van der Waals surface area contributed by atoms with E-state index in [2.05, 4.69) is 5.32 Å². The Hall–Kier alpha value is -1.07. The van der Waals surface area contributed by atoms with E-state index in [-0.39, 0.29) is 18.0 Å². The summed E-state index contributed by atoms with van der Waals surface area (Å²) in [6, 6.07) is 0. The van der Waals surface area contributed by atoms with Gasteiger partial charge in [-0.1, -0.05) is 6.92 Å². The highest BCUT2D eigenvalue weighted by Crippen LogP contribution is 2.26. The molecule has 2 rings (SSSR count). The summed E-state index contributed by atoms with van der Waals surface area (Å²) < 4.78 is 0. The summed E-state index contributed by atoms with van der Waals surface area (Å²) in [7, 11) is 1.65. The third-order valence-corrected chi connectivity index (χ3v) is 2.64. The molecule has 0 bridgehead atoms. The van der Waals surface area contributed by atoms with E-state index in [1.165, 1.54) is 16.1 Å². The van der Waals surface area contributed by atoms with Gasteiger partial charge in [-0.2, -0.15) is 0 Å². The third-order valence-electron chi connectivity index (χ3n) is 2.64. The van der Waals surface area contributed by atoms with E-state index >= 15 is 0 Å². The van der Waals surface area contributed by atoms with Crippen LogP contribution in [0.15, 0.2) is 12.3 Å². The molecule has 3 unspecified atom stereocenters. The van der Waals surface area contributed by atoms with Crippen LogP contribution in [-0.2, 0) is 4.79 Å². The van der Waals surface area contributed by atoms with Crippen LogP contribution in [0.3, 0.4) is 0 Å². The Morgan fingerprint density at radius 1 is 1.62 bits per heavy atom. The molecule has 2 aliphatic rings. The highest BCUT2D eigenvalue weighted by atomic mass is 16.3. The SMILES string of the molecule is CC1C([O-])N(C)N2C(=O)C=CNC12. The molecule has 0 aromatic rings. The number of hydrazine groups is 1. The fraction of sp³-hybridized carbons (Fsp3) is 0.625. The van der Waals surface area contributed by atoms with E-state index < -0.39 is 6.23 Å². The molecule has 2 aliphatic heterocycles. The van der Waals surface area contributed by atoms with Crippen molar-refractivity contribution in [2.24, 2.45) is 5.92 Å². The summed E-state index contributed by atoms with van der Waals surface area (Å²) in [4.78, 5) is 11.4. The largest absolute Gasteiger partial charge is 0.839 e. The second-order valence-corrected chi connectivity index (χ2v) is 3.45. The summed E-state index contributed by atoms with van der Waals surface area (Å²) in [6.07, 6.45) is 2.01. The molecule has 1 N–H and O–H groups in total. The Bertz CT molecular complexity index is 266. The van der Waals surface area contributed by atoms with Gasteiger partial charge in [-0.25, -0.2) is 5.01 Å². The molecule has 1 fully saturated rings. The van der Waals surface area contributed by atoms with Gasteiger partial charge in [0.05, 0.1) is 0 Å². The summed E-state index contributed by atoms with van der Waals surface area (Å²) in [5.41, 5.74) is 0. The first-order chi connectivity index (χ1) is 6.13. The molecule has 5 heteroatoms. The summed E-state index contributed by atoms with van der Waals surface area (Å²) in [5, 5.41) is 17.5. The van der Waals surface area contributed by atoms with Crippen molar-refractivity contribution in [1.29, 1.82) is 0 Å². The van der Waals surface area contributed by atoms with Crippen LogP contribution in [0.2, 0.25) is 0 Å². The maximum absolute atomic E-state index is 11.6. The maximum Gasteiger partial charge on any atom is 0.264 e. The number of nitrogens with zero attached hydrogens (tertiary/aromatic N) is 2. The number of nitrogens with one attached hydrogen (secondary N) is 1. The Kier molecular flexibility index (Phi) is 1.78. The van der Waals surface area contributed by atoms with Gasteiger partial charge in [0.15, 0.2) is 0 Å². The lowest BCUT2D eigenvalue weighted by Gasteiger charge is -2.34. The van der Waals surface area contributed by atoms with Crippen molar-refractivity contribution < 1.29 is 9.90 Å². The molecule has 5 nitrogen and oxygen atoms in total. The van der Waals surface area contributed by atoms with Crippen molar-refractivity contribution in [1.82, 2.24) is 15.3 Å². The molecule has 0 spiro atoms. The standard InChI is InChI=1S/C8H12N3O2/c1-5-7-9-4-3-6(12)11(7)10(2)8(5)13/h3-5,7-9H,1-2H3/q-1. The summed E-state index contributed by atoms with van der Waals surface area (Å²) >= 11 is 0. The predicted molar refractivity (Wildman–Crippen MR) is 43.6 cm³/mol. The smallest absolute Gasteiger partial charge is 0.264 e. The van der Waals surface area contributed by atoms with Crippen molar-refractivity contribution in [2.45, 2.75) is 19.3 Å². The fourth-order valence-corrected chi connectivity index (χ4v) is 1.85. The van der Waals surface area contributed by atoms with E-state index in [4.69, 9.17) is 0 Å². The van der Waals surface area contributed by atoms with Crippen molar-refractivity contribution in [3.05, 3.63) is 12.3 Å². The number of hydrogen-bond donors (Lipinski definition) is 1. The van der Waals surface area contributed by atoms with Gasteiger partial charge < -0.3 is 10.4 Å². The van der Waals surface area contributed by atoms with E-state index in [0.29, 0.717) is 0 Å². The number of hydrogen-bond acceptors (Lipinski definition) is 4. The van der Waals surface area contributed by atoms with Gasteiger partial charge in [0.1, 0.15) is 6.17 Å². The number of fused-ring (bicyclic) bond motifs is 1. The van der Waals surface area contributed by atoms with E-state index in [1.54, 1.807) is 13.2 Å². The van der Waals surface area contributed by atoms with Crippen LogP contribution in [0.4, 0.5) is 0 Å². The molecule has 2 heterocycles. The lowest BCUT2D eigenvalue weighted by Crippen LogP contribution is -2.52. The van der Waals surface area contributed by atoms with Crippen molar-refractivity contribution >= 4 is 5.91 Å². The number of amides is 1. The Balaban J connectivity index is 2.30. The Labute approximate surface area is 76.6 Å². The molecule has 0 aromatic heterocycles. The monoisotopic (exact) mass is 182 g/mol. The van der Waals surface area contributed by atoms with Crippen molar-refractivity contribution in [3.63, 3.8) is 0 Å². The average molecular weight is 182 g/mol. The lowest BCUT2D eigenvalue weighted by atomic mass is 10.1. The normalized spacial score (nSPS) is 39.2. The maximum atomic E-state index is 11.6. The van der Waals surface area contributed by atoms with Crippen LogP contribution in [-0.4, -0.2) is 35.4 Å². The van der Waals surface area contributed by atoms with Crippen molar-refractivity contribution in [2.75, 3.05) is 7.05 Å². The summed E-state index contributed by atoms with van der Waals surface area (Å²) in [6.45, 7) is 1.85. The van der Waals surface area contributed by atoms with Gasteiger partial charge in [0.25, 0.3) is 5.91 Å². The second kappa shape index (κ2) is 2.71. The van der Waals surface area contributed by atoms with Crippen molar-refractivity contribution in [3.8, 4) is 0 Å². The average Bonchev–Trinajstić information content (AvgIpc) is 2.33. The first-order valence-corrected chi connectivity index (χ1v) is 4.27. The topological polar surface area (TPSA) is 58.6 Å². The molecule has 0 aliphatic carbocycles. The second-order valence-electron chi connectivity index (χ2n) is 3.45. The Morgan fingerprint density at radius 3 is 2.92 bits per heavy atom. The minimum atomic E-state index is -0.846. The highest BCUT2D eigenvalue weighted by Gasteiger charge is 2.41. The number of rotatable bonds is 0. The molecule has 1 saturated heterocycles. The first kappa shape index (κ1) is 8.52. The van der Waals surface area contributed by atoms with Gasteiger partial charge in [0, 0.05) is 19.3 Å². The number of carbonyl (C=O) groups is 1. The molecular formula is C8H12N3O2-. The van der Waals surface area contributed by atoms with Gasteiger partial charge >= 0.3 is 0 Å². The zero-order valence-electron chi connectivity index (χ0n) is 7.60. The minimum absolute atomic E-state index is 0.0982. The quantitative estimate of drug-likeness (QED) is 0.492. The van der Waals surface area contributed by atoms with Crippen LogP contribution in [0.1, 0.15) is 6.92 Å². The van der Waals surface area contributed by atoms with E-state index in [9.17, 15) is 9.90 Å².